The van der Waals surface area contributed by atoms with Gasteiger partial charge >= 0.3 is 0 Å². The third-order valence-corrected chi connectivity index (χ3v) is 3.11. The Labute approximate surface area is 113 Å². The maximum Gasteiger partial charge on any atom is 0.119 e. The molecule has 0 aliphatic carbocycles. The molecule has 0 aliphatic heterocycles. The quantitative estimate of drug-likeness (QED) is 0.688. The van der Waals surface area contributed by atoms with Crippen LogP contribution >= 0.6 is 0 Å². The molecule has 0 saturated heterocycles. The van der Waals surface area contributed by atoms with Crippen LogP contribution in [0, 0.1) is 0 Å². The van der Waals surface area contributed by atoms with E-state index in [1.807, 2.05) is 36.1 Å². The topological polar surface area (TPSA) is 76.1 Å². The van der Waals surface area contributed by atoms with E-state index in [9.17, 15) is 5.11 Å². The summed E-state index contributed by atoms with van der Waals surface area (Å²) < 4.78 is 1.83. The second kappa shape index (κ2) is 6.24. The highest BCUT2D eigenvalue weighted by Gasteiger charge is 2.10. The molecule has 5 heteroatoms. The molecule has 0 saturated carbocycles. The molecule has 0 spiro atoms. The highest BCUT2D eigenvalue weighted by molar-refractivity contribution is 5.49. The number of anilines is 1. The standard InChI is InChI=1S/C14H20N4O/c1-18-13(9-11-5-2-3-6-14(11)19)12(10-17-18)16-8-4-7-15/h2-3,5-6,10,16,19H,4,7-9,15H2,1H3. The van der Waals surface area contributed by atoms with E-state index >= 15 is 0 Å². The number of benzene rings is 1. The van der Waals surface area contributed by atoms with E-state index in [1.165, 1.54) is 0 Å². The molecule has 0 unspecified atom stereocenters. The van der Waals surface area contributed by atoms with Gasteiger partial charge in [-0.15, -0.1) is 0 Å². The first kappa shape index (κ1) is 13.4. The van der Waals surface area contributed by atoms with Gasteiger partial charge in [0.2, 0.25) is 0 Å². The van der Waals surface area contributed by atoms with Crippen molar-refractivity contribution < 1.29 is 5.11 Å². The number of phenolic OH excluding ortho intramolecular Hbond substituents is 1. The van der Waals surface area contributed by atoms with E-state index in [1.54, 1.807) is 6.07 Å². The van der Waals surface area contributed by atoms with Crippen LogP contribution in [0.5, 0.6) is 5.75 Å². The Kier molecular flexibility index (Phi) is 4.41. The van der Waals surface area contributed by atoms with Gasteiger partial charge in [-0.1, -0.05) is 18.2 Å². The van der Waals surface area contributed by atoms with Gasteiger partial charge in [-0.25, -0.2) is 0 Å². The number of phenols is 1. The van der Waals surface area contributed by atoms with Gasteiger partial charge < -0.3 is 16.2 Å². The number of aryl methyl sites for hydroxylation is 1. The minimum Gasteiger partial charge on any atom is -0.508 e. The summed E-state index contributed by atoms with van der Waals surface area (Å²) in [6, 6.07) is 7.37. The molecule has 0 bridgehead atoms. The molecule has 1 aromatic heterocycles. The average molecular weight is 260 g/mol. The molecule has 0 amide bonds. The predicted octanol–water partition coefficient (Wildman–Crippen LogP) is 1.48. The number of hydrogen-bond donors (Lipinski definition) is 3. The zero-order valence-corrected chi connectivity index (χ0v) is 11.1. The minimum atomic E-state index is 0.316. The summed E-state index contributed by atoms with van der Waals surface area (Å²) >= 11 is 0. The average Bonchev–Trinajstić information content (AvgIpc) is 2.74. The van der Waals surface area contributed by atoms with Gasteiger partial charge in [0.05, 0.1) is 17.6 Å². The van der Waals surface area contributed by atoms with Gasteiger partial charge in [-0.2, -0.15) is 5.10 Å². The van der Waals surface area contributed by atoms with Crippen LogP contribution in [0.1, 0.15) is 17.7 Å². The van der Waals surface area contributed by atoms with Crippen LogP contribution in [0.25, 0.3) is 0 Å². The van der Waals surface area contributed by atoms with Crippen molar-refractivity contribution in [1.82, 2.24) is 9.78 Å². The zero-order valence-electron chi connectivity index (χ0n) is 11.1. The lowest BCUT2D eigenvalue weighted by atomic mass is 10.1. The smallest absolute Gasteiger partial charge is 0.119 e. The Balaban J connectivity index is 2.15. The van der Waals surface area contributed by atoms with Crippen molar-refractivity contribution >= 4 is 5.69 Å². The van der Waals surface area contributed by atoms with Crippen LogP contribution in [-0.4, -0.2) is 28.0 Å². The second-order valence-electron chi connectivity index (χ2n) is 4.50. The van der Waals surface area contributed by atoms with E-state index in [-0.39, 0.29) is 0 Å². The second-order valence-corrected chi connectivity index (χ2v) is 4.50. The van der Waals surface area contributed by atoms with Crippen molar-refractivity contribution in [3.8, 4) is 5.75 Å². The van der Waals surface area contributed by atoms with E-state index in [4.69, 9.17) is 5.73 Å². The van der Waals surface area contributed by atoms with Gasteiger partial charge in [0.1, 0.15) is 5.75 Å². The fraction of sp³-hybridized carbons (Fsp3) is 0.357. The fourth-order valence-electron chi connectivity index (χ4n) is 1.99. The number of rotatable bonds is 6. The third-order valence-electron chi connectivity index (χ3n) is 3.11. The molecule has 2 aromatic rings. The lowest BCUT2D eigenvalue weighted by molar-refractivity contribution is 0.469. The van der Waals surface area contributed by atoms with E-state index in [0.717, 1.165) is 29.9 Å². The van der Waals surface area contributed by atoms with Crippen molar-refractivity contribution in [2.75, 3.05) is 18.4 Å². The van der Waals surface area contributed by atoms with Gasteiger partial charge in [0.15, 0.2) is 0 Å². The first-order valence-corrected chi connectivity index (χ1v) is 6.44. The number of para-hydroxylation sites is 1. The molecule has 4 N–H and O–H groups in total. The lowest BCUT2D eigenvalue weighted by Crippen LogP contribution is -2.10. The SMILES string of the molecule is Cn1ncc(NCCCN)c1Cc1ccccc1O. The van der Waals surface area contributed by atoms with Gasteiger partial charge in [0, 0.05) is 20.0 Å². The van der Waals surface area contributed by atoms with Crippen LogP contribution in [0.4, 0.5) is 5.69 Å². The summed E-state index contributed by atoms with van der Waals surface area (Å²) in [5.41, 5.74) is 8.44. The monoisotopic (exact) mass is 260 g/mol. The number of nitrogens with two attached hydrogens (primary N) is 1. The lowest BCUT2D eigenvalue weighted by Gasteiger charge is -2.09. The molecule has 19 heavy (non-hydrogen) atoms. The summed E-state index contributed by atoms with van der Waals surface area (Å²) in [6.45, 7) is 1.50. The van der Waals surface area contributed by atoms with Crippen LogP contribution in [0.15, 0.2) is 30.5 Å². The molecule has 0 aliphatic rings. The fourth-order valence-corrected chi connectivity index (χ4v) is 1.99. The van der Waals surface area contributed by atoms with E-state index < -0.39 is 0 Å². The van der Waals surface area contributed by atoms with Crippen LogP contribution in [0.2, 0.25) is 0 Å². The Morgan fingerprint density at radius 2 is 2.16 bits per heavy atom. The molecule has 0 fully saturated rings. The molecule has 0 radical (unpaired) electrons. The molecule has 1 aromatic carbocycles. The van der Waals surface area contributed by atoms with Crippen LogP contribution < -0.4 is 11.1 Å². The molecule has 5 nitrogen and oxygen atoms in total. The maximum atomic E-state index is 9.84. The Bertz CT molecular complexity index is 536. The number of nitrogens with zero attached hydrogens (tertiary/aromatic N) is 2. The molecular weight excluding hydrogens is 240 g/mol. The zero-order chi connectivity index (χ0) is 13.7. The predicted molar refractivity (Wildman–Crippen MR) is 76.3 cm³/mol. The Hall–Kier alpha value is -2.01. The van der Waals surface area contributed by atoms with Gasteiger partial charge in [-0.05, 0) is 24.6 Å². The summed E-state index contributed by atoms with van der Waals surface area (Å²) in [4.78, 5) is 0. The van der Waals surface area contributed by atoms with Crippen molar-refractivity contribution in [2.24, 2.45) is 12.8 Å². The summed E-state index contributed by atoms with van der Waals surface area (Å²) in [6.07, 6.45) is 3.38. The van der Waals surface area contributed by atoms with E-state index in [0.29, 0.717) is 18.7 Å². The van der Waals surface area contributed by atoms with Crippen molar-refractivity contribution in [2.45, 2.75) is 12.8 Å². The van der Waals surface area contributed by atoms with Gasteiger partial charge in [-0.3, -0.25) is 4.68 Å². The summed E-state index contributed by atoms with van der Waals surface area (Å²) in [5, 5.41) is 17.4. The Morgan fingerprint density at radius 3 is 2.89 bits per heavy atom. The highest BCUT2D eigenvalue weighted by atomic mass is 16.3. The molecular formula is C14H20N4O. The first-order valence-electron chi connectivity index (χ1n) is 6.44. The van der Waals surface area contributed by atoms with Crippen LogP contribution in [-0.2, 0) is 13.5 Å². The van der Waals surface area contributed by atoms with Crippen molar-refractivity contribution in [1.29, 1.82) is 0 Å². The normalized spacial score (nSPS) is 10.6. The molecule has 0 atom stereocenters. The number of hydrogen-bond acceptors (Lipinski definition) is 4. The number of aromatic hydroxyl groups is 1. The highest BCUT2D eigenvalue weighted by Crippen LogP contribution is 2.23. The first-order chi connectivity index (χ1) is 9.22. The number of aromatic nitrogens is 2. The maximum absolute atomic E-state index is 9.84. The largest absolute Gasteiger partial charge is 0.508 e. The third kappa shape index (κ3) is 3.26. The van der Waals surface area contributed by atoms with Crippen molar-refractivity contribution in [3.05, 3.63) is 41.7 Å². The van der Waals surface area contributed by atoms with E-state index in [2.05, 4.69) is 10.4 Å². The Morgan fingerprint density at radius 1 is 1.37 bits per heavy atom. The minimum absolute atomic E-state index is 0.316. The molecule has 2 rings (SSSR count). The van der Waals surface area contributed by atoms with Crippen LogP contribution in [0.3, 0.4) is 0 Å². The summed E-state index contributed by atoms with van der Waals surface area (Å²) in [5.74, 6) is 0.316. The van der Waals surface area contributed by atoms with Crippen molar-refractivity contribution in [3.63, 3.8) is 0 Å². The summed E-state index contributed by atoms with van der Waals surface area (Å²) in [7, 11) is 1.91. The molecule has 1 heterocycles. The van der Waals surface area contributed by atoms with Gasteiger partial charge in [0.25, 0.3) is 0 Å². The number of nitrogens with one attached hydrogen (secondary N) is 1. The molecule has 102 valence electrons.